The highest BCUT2D eigenvalue weighted by molar-refractivity contribution is 7.91. The maximum Gasteiger partial charge on any atom is 0.150 e. The van der Waals surface area contributed by atoms with E-state index in [-0.39, 0.29) is 17.3 Å². The van der Waals surface area contributed by atoms with Crippen molar-refractivity contribution in [3.63, 3.8) is 0 Å². The Hall–Kier alpha value is -0.380. The first-order chi connectivity index (χ1) is 8.03. The summed E-state index contributed by atoms with van der Waals surface area (Å²) in [5.74, 6) is 1.17. The minimum atomic E-state index is -2.90. The Balaban J connectivity index is 2.16. The molecule has 0 atom stereocenters. The van der Waals surface area contributed by atoms with E-state index in [2.05, 4.69) is 0 Å². The molecule has 1 fully saturated rings. The van der Waals surface area contributed by atoms with Crippen LogP contribution in [-0.2, 0) is 14.6 Å². The third kappa shape index (κ3) is 6.20. The summed E-state index contributed by atoms with van der Waals surface area (Å²) in [7, 11) is -2.90. The molecule has 100 valence electrons. The maximum absolute atomic E-state index is 11.7. The number of hydrogen-bond donors (Lipinski definition) is 0. The van der Waals surface area contributed by atoms with Crippen LogP contribution in [0.3, 0.4) is 0 Å². The van der Waals surface area contributed by atoms with Crippen LogP contribution >= 0.6 is 0 Å². The molecular formula is C13H24O3S. The third-order valence-electron chi connectivity index (χ3n) is 3.59. The van der Waals surface area contributed by atoms with Crippen molar-refractivity contribution >= 4 is 15.6 Å². The second kappa shape index (κ2) is 7.14. The summed E-state index contributed by atoms with van der Waals surface area (Å²) in [5, 5.41) is 0. The van der Waals surface area contributed by atoms with Crippen molar-refractivity contribution in [1.82, 2.24) is 0 Å². The van der Waals surface area contributed by atoms with Crippen LogP contribution in [0.25, 0.3) is 0 Å². The zero-order chi connectivity index (χ0) is 12.7. The molecule has 3 nitrogen and oxygen atoms in total. The van der Waals surface area contributed by atoms with E-state index >= 15 is 0 Å². The highest BCUT2D eigenvalue weighted by atomic mass is 32.2. The molecule has 1 aliphatic rings. The van der Waals surface area contributed by atoms with Gasteiger partial charge in [0, 0.05) is 18.6 Å². The normalized spacial score (nSPS) is 18.2. The Morgan fingerprint density at radius 3 is 2.41 bits per heavy atom. The van der Waals surface area contributed by atoms with Gasteiger partial charge in [-0.3, -0.25) is 4.79 Å². The van der Waals surface area contributed by atoms with Crippen molar-refractivity contribution in [3.05, 3.63) is 0 Å². The molecule has 0 aromatic carbocycles. The first kappa shape index (κ1) is 14.7. The van der Waals surface area contributed by atoms with Gasteiger partial charge >= 0.3 is 0 Å². The molecular weight excluding hydrogens is 236 g/mol. The van der Waals surface area contributed by atoms with Crippen LogP contribution in [0.15, 0.2) is 0 Å². The van der Waals surface area contributed by atoms with Gasteiger partial charge in [0.05, 0.1) is 5.75 Å². The fourth-order valence-electron chi connectivity index (χ4n) is 2.45. The van der Waals surface area contributed by atoms with Gasteiger partial charge in [-0.25, -0.2) is 8.42 Å². The molecule has 0 aliphatic heterocycles. The van der Waals surface area contributed by atoms with Gasteiger partial charge < -0.3 is 0 Å². The van der Waals surface area contributed by atoms with Gasteiger partial charge in [0.2, 0.25) is 0 Å². The van der Waals surface area contributed by atoms with Crippen molar-refractivity contribution in [3.8, 4) is 0 Å². The number of carbonyl (C=O) groups excluding carboxylic acids is 1. The van der Waals surface area contributed by atoms with E-state index in [0.717, 1.165) is 0 Å². The molecule has 0 unspecified atom stereocenters. The Bertz CT molecular complexity index is 327. The van der Waals surface area contributed by atoms with Gasteiger partial charge in [-0.2, -0.15) is 0 Å². The van der Waals surface area contributed by atoms with Crippen LogP contribution < -0.4 is 0 Å². The maximum atomic E-state index is 11.7. The Morgan fingerprint density at radius 2 is 1.82 bits per heavy atom. The molecule has 0 radical (unpaired) electrons. The number of sulfone groups is 1. The predicted molar refractivity (Wildman–Crippen MR) is 69.8 cm³/mol. The second-order valence-corrected chi connectivity index (χ2v) is 7.56. The molecule has 1 saturated carbocycles. The first-order valence-corrected chi connectivity index (χ1v) is 8.58. The molecule has 0 N–H and O–H groups in total. The lowest BCUT2D eigenvalue weighted by atomic mass is 9.85. The van der Waals surface area contributed by atoms with E-state index in [0.29, 0.717) is 25.2 Å². The minimum absolute atomic E-state index is 0.167. The molecule has 4 heteroatoms. The van der Waals surface area contributed by atoms with Crippen molar-refractivity contribution in [2.75, 3.05) is 11.5 Å². The highest BCUT2D eigenvalue weighted by Gasteiger charge is 2.17. The van der Waals surface area contributed by atoms with E-state index in [9.17, 15) is 13.2 Å². The summed E-state index contributed by atoms with van der Waals surface area (Å²) in [4.78, 5) is 11.7. The van der Waals surface area contributed by atoms with Gasteiger partial charge in [-0.1, -0.05) is 39.0 Å². The van der Waals surface area contributed by atoms with Gasteiger partial charge in [0.15, 0.2) is 0 Å². The van der Waals surface area contributed by atoms with Gasteiger partial charge in [0.1, 0.15) is 15.6 Å². The zero-order valence-electron chi connectivity index (χ0n) is 10.8. The fraction of sp³-hybridized carbons (Fsp3) is 0.923. The van der Waals surface area contributed by atoms with Crippen LogP contribution in [0, 0.1) is 5.92 Å². The van der Waals surface area contributed by atoms with Crippen LogP contribution in [0.1, 0.15) is 58.3 Å². The van der Waals surface area contributed by atoms with E-state index in [1.165, 1.54) is 32.1 Å². The zero-order valence-corrected chi connectivity index (χ0v) is 11.6. The lowest BCUT2D eigenvalue weighted by molar-refractivity contribution is -0.120. The molecule has 0 aromatic heterocycles. The van der Waals surface area contributed by atoms with E-state index in [1.807, 2.05) is 0 Å². The lowest BCUT2D eigenvalue weighted by Crippen LogP contribution is -2.14. The molecule has 1 aliphatic carbocycles. The molecule has 1 rings (SSSR count). The van der Waals surface area contributed by atoms with E-state index in [4.69, 9.17) is 0 Å². The SMILES string of the molecule is CCS(=O)(=O)CCCC(=O)CC1CCCCC1. The average Bonchev–Trinajstić information content (AvgIpc) is 2.30. The lowest BCUT2D eigenvalue weighted by Gasteiger charge is -2.20. The standard InChI is InChI=1S/C13H24O3S/c1-2-17(15,16)10-6-9-13(14)11-12-7-4-3-5-8-12/h12H,2-11H2,1H3. The molecule has 0 spiro atoms. The molecule has 0 saturated heterocycles. The molecule has 0 aromatic rings. The monoisotopic (exact) mass is 260 g/mol. The van der Waals surface area contributed by atoms with E-state index < -0.39 is 9.84 Å². The van der Waals surface area contributed by atoms with Crippen molar-refractivity contribution in [2.24, 2.45) is 5.92 Å². The second-order valence-electron chi connectivity index (χ2n) is 5.09. The number of hydrogen-bond acceptors (Lipinski definition) is 3. The topological polar surface area (TPSA) is 51.2 Å². The quantitative estimate of drug-likeness (QED) is 0.707. The number of carbonyl (C=O) groups is 1. The van der Waals surface area contributed by atoms with E-state index in [1.54, 1.807) is 6.92 Å². The van der Waals surface area contributed by atoms with Crippen LogP contribution in [0.2, 0.25) is 0 Å². The molecule has 0 heterocycles. The Kier molecular flexibility index (Phi) is 6.17. The first-order valence-electron chi connectivity index (χ1n) is 6.75. The van der Waals surface area contributed by atoms with Crippen molar-refractivity contribution < 1.29 is 13.2 Å². The predicted octanol–water partition coefficient (Wildman–Crippen LogP) is 2.74. The number of Topliss-reactive ketones (excluding diaryl/α,β-unsaturated/α-hetero) is 1. The summed E-state index contributed by atoms with van der Waals surface area (Å²) in [5.41, 5.74) is 0. The van der Waals surface area contributed by atoms with Gasteiger partial charge in [-0.05, 0) is 12.3 Å². The molecule has 0 amide bonds. The third-order valence-corrected chi connectivity index (χ3v) is 5.38. The van der Waals surface area contributed by atoms with Crippen molar-refractivity contribution in [1.29, 1.82) is 0 Å². The summed E-state index contributed by atoms with van der Waals surface area (Å²) in [6, 6.07) is 0. The minimum Gasteiger partial charge on any atom is -0.300 e. The largest absolute Gasteiger partial charge is 0.300 e. The summed E-state index contributed by atoms with van der Waals surface area (Å²) < 4.78 is 22.5. The molecule has 0 bridgehead atoms. The summed E-state index contributed by atoms with van der Waals surface area (Å²) in [6.07, 6.45) is 7.78. The summed E-state index contributed by atoms with van der Waals surface area (Å²) >= 11 is 0. The fourth-order valence-corrected chi connectivity index (χ4v) is 3.32. The van der Waals surface area contributed by atoms with Gasteiger partial charge in [-0.15, -0.1) is 0 Å². The van der Waals surface area contributed by atoms with Crippen LogP contribution in [0.5, 0.6) is 0 Å². The number of ketones is 1. The highest BCUT2D eigenvalue weighted by Crippen LogP contribution is 2.26. The Morgan fingerprint density at radius 1 is 1.18 bits per heavy atom. The summed E-state index contributed by atoms with van der Waals surface area (Å²) in [6.45, 7) is 1.65. The number of rotatable bonds is 7. The van der Waals surface area contributed by atoms with Gasteiger partial charge in [0.25, 0.3) is 0 Å². The van der Waals surface area contributed by atoms with Crippen LogP contribution in [-0.4, -0.2) is 25.7 Å². The van der Waals surface area contributed by atoms with Crippen molar-refractivity contribution in [2.45, 2.75) is 58.3 Å². The van der Waals surface area contributed by atoms with Crippen LogP contribution in [0.4, 0.5) is 0 Å². The molecule has 17 heavy (non-hydrogen) atoms. The smallest absolute Gasteiger partial charge is 0.150 e. The average molecular weight is 260 g/mol. The Labute approximate surface area is 105 Å².